The molecule has 0 radical (unpaired) electrons. The first-order valence-electron chi connectivity index (χ1n) is 29.1. The number of nitrogens with zero attached hydrogens (tertiary/aromatic N) is 3. The topological polar surface area (TPSA) is 22.3 Å². The van der Waals surface area contributed by atoms with Crippen molar-refractivity contribution in [3.05, 3.63) is 326 Å². The third kappa shape index (κ3) is 6.55. The Morgan fingerprint density at radius 3 is 1.29 bits per heavy atom. The van der Waals surface area contributed by atoms with Crippen LogP contribution in [-0.4, -0.2) is 15.8 Å². The number of para-hydroxylation sites is 5. The molecule has 18 rings (SSSR count). The minimum atomic E-state index is -0.734. The summed E-state index contributed by atoms with van der Waals surface area (Å²) in [6.45, 7) is -0.210. The van der Waals surface area contributed by atoms with Gasteiger partial charge in [-0.2, -0.15) is 0 Å². The van der Waals surface area contributed by atoms with Crippen molar-refractivity contribution in [2.45, 2.75) is 5.41 Å². The summed E-state index contributed by atoms with van der Waals surface area (Å²) in [5.41, 5.74) is 24.6. The highest BCUT2D eigenvalue weighted by Gasteiger charge is 2.50. The van der Waals surface area contributed by atoms with Crippen LogP contribution in [0.4, 0.5) is 17.1 Å². The number of ether oxygens (including phenoxy) is 1. The molecule has 0 atom stereocenters. The lowest BCUT2D eigenvalue weighted by atomic mass is 9.34. The molecule has 4 heterocycles. The lowest BCUT2D eigenvalue weighted by Crippen LogP contribution is -2.59. The first-order valence-corrected chi connectivity index (χ1v) is 29.1. The number of benzene rings is 13. The van der Waals surface area contributed by atoms with Gasteiger partial charge in [0.25, 0.3) is 6.71 Å². The van der Waals surface area contributed by atoms with Crippen molar-refractivity contribution in [1.29, 1.82) is 0 Å². The van der Waals surface area contributed by atoms with Gasteiger partial charge in [0, 0.05) is 61.5 Å². The van der Waals surface area contributed by atoms with E-state index in [9.17, 15) is 0 Å². The van der Waals surface area contributed by atoms with E-state index in [4.69, 9.17) is 4.74 Å². The normalized spacial score (nSPS) is 13.4. The molecule has 5 heteroatoms. The molecule has 2 aliphatic heterocycles. The number of hydrogen-bond acceptors (Lipinski definition) is 2. The largest absolute Gasteiger partial charge is 0.458 e. The molecule has 0 unspecified atom stereocenters. The van der Waals surface area contributed by atoms with E-state index in [0.29, 0.717) is 0 Å². The lowest BCUT2D eigenvalue weighted by molar-refractivity contribution is 0.486. The first-order chi connectivity index (χ1) is 41.7. The maximum Gasteiger partial charge on any atom is 0.256 e. The van der Waals surface area contributed by atoms with Crippen molar-refractivity contribution in [3.63, 3.8) is 0 Å². The number of rotatable bonds is 7. The van der Waals surface area contributed by atoms with Gasteiger partial charge in [0.15, 0.2) is 0 Å². The first kappa shape index (κ1) is 46.8. The van der Waals surface area contributed by atoms with Crippen molar-refractivity contribution in [2.24, 2.45) is 0 Å². The minimum Gasteiger partial charge on any atom is -0.458 e. The smallest absolute Gasteiger partial charge is 0.256 e. The fourth-order valence-corrected chi connectivity index (χ4v) is 15.1. The fourth-order valence-electron chi connectivity index (χ4n) is 15.1. The van der Waals surface area contributed by atoms with E-state index in [1.54, 1.807) is 0 Å². The predicted octanol–water partition coefficient (Wildman–Crippen LogP) is 18.0. The van der Waals surface area contributed by atoms with Crippen LogP contribution in [-0.2, 0) is 5.41 Å². The van der Waals surface area contributed by atoms with Crippen LogP contribution >= 0.6 is 0 Å². The van der Waals surface area contributed by atoms with E-state index in [1.807, 2.05) is 0 Å². The van der Waals surface area contributed by atoms with E-state index < -0.39 is 5.41 Å². The van der Waals surface area contributed by atoms with Crippen LogP contribution in [0.3, 0.4) is 0 Å². The van der Waals surface area contributed by atoms with Crippen LogP contribution < -0.4 is 26.0 Å². The van der Waals surface area contributed by atoms with Gasteiger partial charge in [-0.15, -0.1) is 0 Å². The van der Waals surface area contributed by atoms with E-state index in [2.05, 4.69) is 317 Å². The van der Waals surface area contributed by atoms with Gasteiger partial charge in [0.2, 0.25) is 0 Å². The Morgan fingerprint density at radius 2 is 0.750 bits per heavy atom. The van der Waals surface area contributed by atoms with Gasteiger partial charge in [-0.3, -0.25) is 0 Å². The SMILES string of the molecule is c1ccc(-c2cccc(-c3ccccc3)c2N2c3cc(-n4c5ccccc5c5ccccc54)ccc3B3c4ccc(-n5c6ccccc6c6ccccc65)cc4Oc4cc(C5(c6ccccc6)c6ccccc6-c6ccccc65)cc2c43)cc1. The van der Waals surface area contributed by atoms with Crippen LogP contribution in [0, 0.1) is 0 Å². The fraction of sp³-hybridized carbons (Fsp3) is 0.0127. The highest BCUT2D eigenvalue weighted by molar-refractivity contribution is 6.99. The maximum atomic E-state index is 7.81. The van der Waals surface area contributed by atoms with Crippen LogP contribution in [0.2, 0.25) is 0 Å². The molecule has 0 spiro atoms. The van der Waals surface area contributed by atoms with E-state index in [-0.39, 0.29) is 6.71 Å². The van der Waals surface area contributed by atoms with E-state index >= 15 is 0 Å². The second-order valence-electron chi connectivity index (χ2n) is 22.6. The maximum absolute atomic E-state index is 7.81. The van der Waals surface area contributed by atoms with Gasteiger partial charge >= 0.3 is 0 Å². The minimum absolute atomic E-state index is 0.210. The number of hydrogen-bond donors (Lipinski definition) is 0. The van der Waals surface area contributed by atoms with Gasteiger partial charge in [-0.1, -0.05) is 243 Å². The molecule has 3 aliphatic rings. The van der Waals surface area contributed by atoms with E-state index in [1.165, 1.54) is 54.8 Å². The predicted molar refractivity (Wildman–Crippen MR) is 349 cm³/mol. The highest BCUT2D eigenvalue weighted by Crippen LogP contribution is 2.58. The molecule has 0 saturated heterocycles. The Morgan fingerprint density at radius 1 is 0.310 bits per heavy atom. The summed E-state index contributed by atoms with van der Waals surface area (Å²) in [6.07, 6.45) is 0. The molecule has 2 aromatic heterocycles. The van der Waals surface area contributed by atoms with Crippen molar-refractivity contribution < 1.29 is 4.74 Å². The average molecular weight is 1070 g/mol. The van der Waals surface area contributed by atoms with Crippen molar-refractivity contribution in [2.75, 3.05) is 4.90 Å². The number of aromatic nitrogens is 2. The molecule has 0 bridgehead atoms. The monoisotopic (exact) mass is 1070 g/mol. The van der Waals surface area contributed by atoms with Gasteiger partial charge in [0.05, 0.1) is 33.2 Å². The molecule has 4 nitrogen and oxygen atoms in total. The Bertz CT molecular complexity index is 4990. The van der Waals surface area contributed by atoms with Crippen molar-refractivity contribution >= 4 is 83.8 Å². The second kappa shape index (κ2) is 18.1. The van der Waals surface area contributed by atoms with Gasteiger partial charge < -0.3 is 18.8 Å². The molecule has 0 N–H and O–H groups in total. The summed E-state index contributed by atoms with van der Waals surface area (Å²) >= 11 is 0. The third-order valence-electron chi connectivity index (χ3n) is 18.4. The molecule has 0 fully saturated rings. The summed E-state index contributed by atoms with van der Waals surface area (Å²) in [5.74, 6) is 1.69. The molecule has 15 aromatic rings. The summed E-state index contributed by atoms with van der Waals surface area (Å²) in [6, 6.07) is 112. The Hall–Kier alpha value is -10.9. The zero-order valence-corrected chi connectivity index (χ0v) is 45.7. The molecular formula is C79H50BN3O. The van der Waals surface area contributed by atoms with Crippen LogP contribution in [0.25, 0.3) is 88.4 Å². The van der Waals surface area contributed by atoms with E-state index in [0.717, 1.165) is 101 Å². The molecular weight excluding hydrogens is 1020 g/mol. The second-order valence-corrected chi connectivity index (χ2v) is 22.6. The molecule has 0 saturated carbocycles. The van der Waals surface area contributed by atoms with Gasteiger partial charge in [-0.05, 0) is 115 Å². The van der Waals surface area contributed by atoms with Crippen molar-refractivity contribution in [3.8, 4) is 56.3 Å². The lowest BCUT2D eigenvalue weighted by Gasteiger charge is -2.43. The van der Waals surface area contributed by atoms with Gasteiger partial charge in [0.1, 0.15) is 11.5 Å². The summed E-state index contributed by atoms with van der Waals surface area (Å²) in [4.78, 5) is 2.63. The zero-order chi connectivity index (χ0) is 55.0. The summed E-state index contributed by atoms with van der Waals surface area (Å²) < 4.78 is 12.7. The number of anilines is 3. The van der Waals surface area contributed by atoms with Crippen LogP contribution in [0.1, 0.15) is 22.3 Å². The third-order valence-corrected chi connectivity index (χ3v) is 18.4. The number of fused-ring (bicyclic) bond motifs is 13. The molecule has 390 valence electrons. The zero-order valence-electron chi connectivity index (χ0n) is 45.7. The van der Waals surface area contributed by atoms with Crippen LogP contribution in [0.5, 0.6) is 11.5 Å². The average Bonchev–Trinajstić information content (AvgIpc) is 1.28. The quantitative estimate of drug-likeness (QED) is 0.148. The summed E-state index contributed by atoms with van der Waals surface area (Å²) in [5, 5.41) is 4.90. The standard InChI is InChI=1S/C79H50BN3O/c1-4-23-51(24-5-1)57-35-22-36-58(52-25-6-2-7-26-52)78(57)83-73-49-55(81-69-39-18-12-31-61(69)62-32-13-19-40-70(62)81)43-45-67(73)80-68-46-44-56(82-71-41-20-14-33-63(71)64-34-15-21-42-72(64)82)50-75(68)84-76-48-54(47-74(83)77(76)80)79(53-27-8-3-9-28-53)65-37-16-10-29-59(65)60-30-11-17-38-66(60)79/h1-50H. The molecule has 13 aromatic carbocycles. The van der Waals surface area contributed by atoms with Crippen LogP contribution in [0.15, 0.2) is 303 Å². The van der Waals surface area contributed by atoms with Crippen molar-refractivity contribution in [1.82, 2.24) is 9.13 Å². The van der Waals surface area contributed by atoms with Gasteiger partial charge in [-0.25, -0.2) is 0 Å². The molecule has 1 aliphatic carbocycles. The Balaban J connectivity index is 0.995. The molecule has 84 heavy (non-hydrogen) atoms. The summed E-state index contributed by atoms with van der Waals surface area (Å²) in [7, 11) is 0. The Kier molecular flexibility index (Phi) is 10.1. The molecule has 0 amide bonds. The Labute approximate surface area is 487 Å². The highest BCUT2D eigenvalue weighted by atomic mass is 16.5.